The van der Waals surface area contributed by atoms with Gasteiger partial charge in [-0.25, -0.2) is 0 Å². The zero-order chi connectivity index (χ0) is 22.2. The molecule has 2 heterocycles. The molecule has 0 saturated carbocycles. The maximum atomic E-state index is 13.3. The predicted molar refractivity (Wildman–Crippen MR) is 115 cm³/mol. The van der Waals surface area contributed by atoms with Gasteiger partial charge in [-0.3, -0.25) is 0 Å². The minimum Gasteiger partial charge on any atom is -0.377 e. The number of halogens is 3. The number of hydrogen-bond donors (Lipinski definition) is 1. The number of anilines is 2. The van der Waals surface area contributed by atoms with Crippen molar-refractivity contribution >= 4 is 22.3 Å². The van der Waals surface area contributed by atoms with Crippen LogP contribution >= 0.6 is 0 Å². The van der Waals surface area contributed by atoms with Gasteiger partial charge in [0.2, 0.25) is 0 Å². The summed E-state index contributed by atoms with van der Waals surface area (Å²) in [5.41, 5.74) is 1.23. The number of nitrogens with zero attached hydrogens (tertiary/aromatic N) is 3. The molecule has 1 saturated heterocycles. The summed E-state index contributed by atoms with van der Waals surface area (Å²) in [6, 6.07) is 10.2. The van der Waals surface area contributed by atoms with Crippen molar-refractivity contribution in [1.29, 1.82) is 0 Å². The first-order valence-electron chi connectivity index (χ1n) is 10.3. The lowest BCUT2D eigenvalue weighted by Gasteiger charge is -2.35. The third-order valence-corrected chi connectivity index (χ3v) is 5.85. The van der Waals surface area contributed by atoms with E-state index in [4.69, 9.17) is 4.74 Å². The van der Waals surface area contributed by atoms with Crippen molar-refractivity contribution in [2.45, 2.75) is 39.0 Å². The summed E-state index contributed by atoms with van der Waals surface area (Å²) in [6.07, 6.45) is -2.70. The maximum absolute atomic E-state index is 13.3. The molecule has 0 aliphatic carbocycles. The van der Waals surface area contributed by atoms with Crippen LogP contribution in [0, 0.1) is 6.92 Å². The van der Waals surface area contributed by atoms with Gasteiger partial charge in [-0.05, 0) is 50.1 Å². The van der Waals surface area contributed by atoms with Gasteiger partial charge in [0.15, 0.2) is 5.82 Å². The van der Waals surface area contributed by atoms with Crippen molar-refractivity contribution in [2.75, 3.05) is 30.0 Å². The van der Waals surface area contributed by atoms with E-state index in [0.29, 0.717) is 24.6 Å². The van der Waals surface area contributed by atoms with Crippen LogP contribution < -0.4 is 10.2 Å². The Hall–Kier alpha value is -2.87. The normalized spacial score (nSPS) is 18.3. The fourth-order valence-electron chi connectivity index (χ4n) is 4.17. The number of nitrogens with one attached hydrogen (secondary N) is 1. The molecule has 31 heavy (non-hydrogen) atoms. The second kappa shape index (κ2) is 8.34. The van der Waals surface area contributed by atoms with E-state index in [9.17, 15) is 13.2 Å². The van der Waals surface area contributed by atoms with Gasteiger partial charge in [-0.1, -0.05) is 18.2 Å². The Labute approximate surface area is 179 Å². The largest absolute Gasteiger partial charge is 0.416 e. The molecule has 1 aliphatic rings. The van der Waals surface area contributed by atoms with Crippen LogP contribution in [0.4, 0.5) is 24.7 Å². The molecule has 1 unspecified atom stereocenters. The molecule has 1 fully saturated rings. The molecule has 164 valence electrons. The van der Waals surface area contributed by atoms with Crippen molar-refractivity contribution in [1.82, 2.24) is 10.2 Å². The van der Waals surface area contributed by atoms with Gasteiger partial charge in [-0.15, -0.1) is 5.10 Å². The summed E-state index contributed by atoms with van der Waals surface area (Å²) in [5.74, 6) is 0.546. The molecule has 1 aromatic heterocycles. The second-order valence-corrected chi connectivity index (χ2v) is 7.97. The van der Waals surface area contributed by atoms with Crippen LogP contribution in [0.15, 0.2) is 42.6 Å². The fourth-order valence-corrected chi connectivity index (χ4v) is 4.17. The second-order valence-electron chi connectivity index (χ2n) is 7.97. The lowest BCUT2D eigenvalue weighted by Crippen LogP contribution is -2.43. The van der Waals surface area contributed by atoms with E-state index in [1.807, 2.05) is 13.0 Å². The number of ether oxygens (including phenoxy) is 1. The van der Waals surface area contributed by atoms with E-state index in [-0.39, 0.29) is 17.6 Å². The highest BCUT2D eigenvalue weighted by molar-refractivity contribution is 5.93. The summed E-state index contributed by atoms with van der Waals surface area (Å²) in [7, 11) is 0. The zero-order valence-corrected chi connectivity index (χ0v) is 17.7. The van der Waals surface area contributed by atoms with Crippen molar-refractivity contribution in [3.05, 3.63) is 59.3 Å². The minimum absolute atomic E-state index is 0.214. The number of hydrogen-bond acceptors (Lipinski definition) is 5. The maximum Gasteiger partial charge on any atom is 0.416 e. The monoisotopic (exact) mass is 430 g/mol. The topological polar surface area (TPSA) is 50.3 Å². The first kappa shape index (κ1) is 21.4. The van der Waals surface area contributed by atoms with E-state index in [1.165, 1.54) is 13.0 Å². The molecule has 2 aromatic carbocycles. The number of aromatic nitrogens is 2. The summed E-state index contributed by atoms with van der Waals surface area (Å²) < 4.78 is 45.5. The molecular weight excluding hydrogens is 405 g/mol. The Morgan fingerprint density at radius 3 is 2.77 bits per heavy atom. The zero-order valence-electron chi connectivity index (χ0n) is 17.7. The van der Waals surface area contributed by atoms with E-state index >= 15 is 0 Å². The van der Waals surface area contributed by atoms with Crippen LogP contribution in [0.5, 0.6) is 0 Å². The molecule has 0 bridgehead atoms. The van der Waals surface area contributed by atoms with Gasteiger partial charge in [0.1, 0.15) is 0 Å². The standard InChI is InChI=1S/C23H25F3N4O/c1-14-13-31-10-9-30(14)18-8-7-17-12-27-29-22(20(17)11-18)28-16(3)19-5-4-6-21(15(19)2)23(24,25)26/h4-8,11-12,14,16H,9-10,13H2,1-3H3,(H,28,29)/t14?,16-/m1/s1. The highest BCUT2D eigenvalue weighted by Crippen LogP contribution is 2.36. The Morgan fingerprint density at radius 2 is 2.03 bits per heavy atom. The van der Waals surface area contributed by atoms with E-state index in [2.05, 4.69) is 39.5 Å². The number of alkyl halides is 3. The summed E-state index contributed by atoms with van der Waals surface area (Å²) >= 11 is 0. The Bertz CT molecular complexity index is 1090. The summed E-state index contributed by atoms with van der Waals surface area (Å²) in [6.45, 7) is 7.59. The first-order valence-corrected chi connectivity index (χ1v) is 10.3. The number of fused-ring (bicyclic) bond motifs is 1. The minimum atomic E-state index is -4.39. The number of morpholine rings is 1. The van der Waals surface area contributed by atoms with E-state index < -0.39 is 11.7 Å². The average Bonchev–Trinajstić information content (AvgIpc) is 2.73. The first-order chi connectivity index (χ1) is 14.8. The van der Waals surface area contributed by atoms with Crippen LogP contribution in [0.2, 0.25) is 0 Å². The van der Waals surface area contributed by atoms with Crippen molar-refractivity contribution in [2.24, 2.45) is 0 Å². The predicted octanol–water partition coefficient (Wildman–Crippen LogP) is 5.36. The molecule has 0 amide bonds. The third kappa shape index (κ3) is 4.30. The molecule has 3 aromatic rings. The molecule has 8 heteroatoms. The third-order valence-electron chi connectivity index (χ3n) is 5.85. The summed E-state index contributed by atoms with van der Waals surface area (Å²) in [5, 5.41) is 13.4. The highest BCUT2D eigenvalue weighted by atomic mass is 19.4. The van der Waals surface area contributed by atoms with E-state index in [1.54, 1.807) is 12.3 Å². The van der Waals surface area contributed by atoms with Gasteiger partial charge in [0.05, 0.1) is 31.0 Å². The van der Waals surface area contributed by atoms with Gasteiger partial charge >= 0.3 is 6.18 Å². The van der Waals surface area contributed by atoms with Crippen LogP contribution in [0.3, 0.4) is 0 Å². The van der Waals surface area contributed by atoms with E-state index in [0.717, 1.165) is 29.1 Å². The average molecular weight is 430 g/mol. The van der Waals surface area contributed by atoms with Crippen LogP contribution in [-0.4, -0.2) is 36.0 Å². The van der Waals surface area contributed by atoms with Crippen molar-refractivity contribution < 1.29 is 17.9 Å². The molecule has 4 rings (SSSR count). The molecule has 1 aliphatic heterocycles. The smallest absolute Gasteiger partial charge is 0.377 e. The van der Waals surface area contributed by atoms with Crippen molar-refractivity contribution in [3.63, 3.8) is 0 Å². The van der Waals surface area contributed by atoms with Gasteiger partial charge < -0.3 is 15.0 Å². The summed E-state index contributed by atoms with van der Waals surface area (Å²) in [4.78, 5) is 2.29. The molecule has 0 radical (unpaired) electrons. The van der Waals surface area contributed by atoms with Crippen molar-refractivity contribution in [3.8, 4) is 0 Å². The lowest BCUT2D eigenvalue weighted by molar-refractivity contribution is -0.138. The quantitative estimate of drug-likeness (QED) is 0.604. The molecule has 2 atom stereocenters. The Kier molecular flexibility index (Phi) is 5.75. The Morgan fingerprint density at radius 1 is 1.23 bits per heavy atom. The van der Waals surface area contributed by atoms with Gasteiger partial charge in [-0.2, -0.15) is 18.3 Å². The van der Waals surface area contributed by atoms with Crippen LogP contribution in [0.1, 0.15) is 36.6 Å². The van der Waals surface area contributed by atoms with Crippen LogP contribution in [-0.2, 0) is 10.9 Å². The number of benzene rings is 2. The SMILES string of the molecule is Cc1c([C@@H](C)Nc2nncc3ccc(N4CCOCC4C)cc23)cccc1C(F)(F)F. The van der Waals surface area contributed by atoms with Gasteiger partial charge in [0.25, 0.3) is 0 Å². The van der Waals surface area contributed by atoms with Gasteiger partial charge in [0, 0.05) is 29.0 Å². The molecule has 5 nitrogen and oxygen atoms in total. The lowest BCUT2D eigenvalue weighted by atomic mass is 9.97. The molecule has 1 N–H and O–H groups in total. The number of rotatable bonds is 4. The van der Waals surface area contributed by atoms with Crippen LogP contribution in [0.25, 0.3) is 10.8 Å². The Balaban J connectivity index is 1.68. The molecule has 0 spiro atoms. The molecular formula is C23H25F3N4O. The fraction of sp³-hybridized carbons (Fsp3) is 0.391. The highest BCUT2D eigenvalue weighted by Gasteiger charge is 2.33.